The van der Waals surface area contributed by atoms with E-state index in [0.29, 0.717) is 0 Å². The molecular formula is C52H45BN2. The highest BCUT2D eigenvalue weighted by atomic mass is 15.2. The van der Waals surface area contributed by atoms with Gasteiger partial charge in [-0.15, -0.1) is 0 Å². The van der Waals surface area contributed by atoms with Crippen LogP contribution in [0, 0.1) is 0 Å². The Hall–Kier alpha value is -6.06. The van der Waals surface area contributed by atoms with E-state index in [-0.39, 0.29) is 17.5 Å². The van der Waals surface area contributed by atoms with E-state index in [1.165, 1.54) is 94.3 Å². The molecule has 0 radical (unpaired) electrons. The van der Waals surface area contributed by atoms with Crippen LogP contribution >= 0.6 is 0 Å². The van der Waals surface area contributed by atoms with E-state index in [0.717, 1.165) is 0 Å². The van der Waals surface area contributed by atoms with Crippen molar-refractivity contribution >= 4 is 78.8 Å². The number of rotatable bonds is 3. The molecule has 10 rings (SSSR count). The molecule has 266 valence electrons. The second-order valence-corrected chi connectivity index (χ2v) is 17.5. The van der Waals surface area contributed by atoms with Crippen LogP contribution in [0.3, 0.4) is 0 Å². The van der Waals surface area contributed by atoms with Crippen LogP contribution in [0.2, 0.25) is 0 Å². The van der Waals surface area contributed by atoms with Gasteiger partial charge in [-0.1, -0.05) is 157 Å². The van der Waals surface area contributed by atoms with E-state index >= 15 is 0 Å². The largest absolute Gasteiger partial charge is 0.311 e. The number of fused-ring (bicyclic) bond motifs is 6. The van der Waals surface area contributed by atoms with Gasteiger partial charge in [0.05, 0.1) is 0 Å². The van der Waals surface area contributed by atoms with Gasteiger partial charge in [-0.3, -0.25) is 0 Å². The molecule has 2 aliphatic heterocycles. The number of nitrogens with zero attached hydrogens (tertiary/aromatic N) is 2. The normalized spacial score (nSPS) is 13.5. The third-order valence-corrected chi connectivity index (χ3v) is 11.9. The van der Waals surface area contributed by atoms with Crippen molar-refractivity contribution in [1.29, 1.82) is 0 Å². The summed E-state index contributed by atoms with van der Waals surface area (Å²) >= 11 is 0. The van der Waals surface area contributed by atoms with Gasteiger partial charge in [0.2, 0.25) is 0 Å². The average molecular weight is 709 g/mol. The summed E-state index contributed by atoms with van der Waals surface area (Å²) in [7, 11) is 0. The summed E-state index contributed by atoms with van der Waals surface area (Å²) in [6.07, 6.45) is 0. The molecule has 8 aromatic carbocycles. The molecule has 55 heavy (non-hydrogen) atoms. The molecule has 2 heterocycles. The summed E-state index contributed by atoms with van der Waals surface area (Å²) in [5.41, 5.74) is 16.4. The Morgan fingerprint density at radius 2 is 0.745 bits per heavy atom. The maximum atomic E-state index is 2.54. The lowest BCUT2D eigenvalue weighted by Crippen LogP contribution is -2.61. The predicted octanol–water partition coefficient (Wildman–Crippen LogP) is 12.3. The lowest BCUT2D eigenvalue weighted by atomic mass is 9.33. The first-order valence-electron chi connectivity index (χ1n) is 19.6. The Morgan fingerprint density at radius 1 is 0.364 bits per heavy atom. The Labute approximate surface area is 325 Å². The minimum Gasteiger partial charge on any atom is -0.311 e. The molecular weight excluding hydrogens is 663 g/mol. The van der Waals surface area contributed by atoms with Crippen molar-refractivity contribution in [3.05, 3.63) is 175 Å². The third-order valence-electron chi connectivity index (χ3n) is 11.9. The van der Waals surface area contributed by atoms with E-state index in [1.807, 2.05) is 0 Å². The van der Waals surface area contributed by atoms with Crippen molar-refractivity contribution in [3.8, 4) is 11.1 Å². The lowest BCUT2D eigenvalue weighted by molar-refractivity contribution is 0.590. The molecule has 0 N–H and O–H groups in total. The minimum atomic E-state index is 0.0317. The topological polar surface area (TPSA) is 6.48 Å². The van der Waals surface area contributed by atoms with Gasteiger partial charge in [-0.2, -0.15) is 0 Å². The van der Waals surface area contributed by atoms with Gasteiger partial charge >= 0.3 is 0 Å². The molecule has 0 aliphatic carbocycles. The van der Waals surface area contributed by atoms with Crippen LogP contribution < -0.4 is 26.2 Å². The van der Waals surface area contributed by atoms with Crippen LogP contribution in [-0.4, -0.2) is 6.71 Å². The van der Waals surface area contributed by atoms with Gasteiger partial charge in [0.25, 0.3) is 6.71 Å². The number of anilines is 6. The lowest BCUT2D eigenvalue weighted by Gasteiger charge is -2.45. The fourth-order valence-electron chi connectivity index (χ4n) is 8.94. The summed E-state index contributed by atoms with van der Waals surface area (Å²) in [6.45, 7) is 13.8. The SMILES string of the molecule is CC(C)(C)c1ccc(N2c3cc4ccccc4cc3B3c4cc5ccccc5cc4N(c4ccc(C(C)(C)C)cc4)c4cc(-c5ccccc5)cc2c43)cc1. The maximum absolute atomic E-state index is 2.54. The average Bonchev–Trinajstić information content (AvgIpc) is 3.19. The molecule has 0 fully saturated rings. The summed E-state index contributed by atoms with van der Waals surface area (Å²) < 4.78 is 0. The highest BCUT2D eigenvalue weighted by Crippen LogP contribution is 2.47. The van der Waals surface area contributed by atoms with E-state index in [2.05, 4.69) is 215 Å². The van der Waals surface area contributed by atoms with Gasteiger partial charge in [0.1, 0.15) is 0 Å². The van der Waals surface area contributed by atoms with Crippen molar-refractivity contribution < 1.29 is 0 Å². The van der Waals surface area contributed by atoms with Crippen molar-refractivity contribution in [1.82, 2.24) is 0 Å². The zero-order valence-corrected chi connectivity index (χ0v) is 32.6. The Balaban J connectivity index is 1.33. The van der Waals surface area contributed by atoms with Gasteiger partial charge < -0.3 is 9.80 Å². The third kappa shape index (κ3) is 5.48. The zero-order chi connectivity index (χ0) is 37.6. The minimum absolute atomic E-state index is 0.0317. The maximum Gasteiger partial charge on any atom is 0.252 e. The van der Waals surface area contributed by atoms with Crippen LogP contribution in [0.5, 0.6) is 0 Å². The van der Waals surface area contributed by atoms with E-state index in [1.54, 1.807) is 0 Å². The Kier molecular flexibility index (Phi) is 7.45. The molecule has 0 saturated heterocycles. The summed E-state index contributed by atoms with van der Waals surface area (Å²) in [6, 6.07) is 61.9. The molecule has 0 saturated carbocycles. The second-order valence-electron chi connectivity index (χ2n) is 17.5. The van der Waals surface area contributed by atoms with Crippen molar-refractivity contribution in [2.45, 2.75) is 52.4 Å². The highest BCUT2D eigenvalue weighted by Gasteiger charge is 2.44. The summed E-state index contributed by atoms with van der Waals surface area (Å²) in [5, 5.41) is 5.02. The molecule has 0 spiro atoms. The second kappa shape index (κ2) is 12.2. The molecule has 3 heteroatoms. The Bertz CT molecular complexity index is 2600. The van der Waals surface area contributed by atoms with Crippen molar-refractivity contribution in [3.63, 3.8) is 0 Å². The van der Waals surface area contributed by atoms with E-state index in [9.17, 15) is 0 Å². The number of benzene rings is 8. The van der Waals surface area contributed by atoms with Gasteiger partial charge in [-0.05, 0) is 120 Å². The van der Waals surface area contributed by atoms with Crippen molar-refractivity contribution in [2.75, 3.05) is 9.80 Å². The van der Waals surface area contributed by atoms with E-state index < -0.39 is 0 Å². The molecule has 0 aromatic heterocycles. The first-order chi connectivity index (χ1) is 26.5. The van der Waals surface area contributed by atoms with E-state index in [4.69, 9.17) is 0 Å². The summed E-state index contributed by atoms with van der Waals surface area (Å²) in [4.78, 5) is 5.09. The standard InChI is InChI=1S/C52H45BN2/c1-51(2,3)40-20-24-42(25-21-40)54-46-30-37-18-12-10-16-35(37)28-44(46)53-45-29-36-17-11-13-19-38(36)31-47(45)55(43-26-22-41(23-27-43)52(4,5)6)49-33-39(32-48(54)50(49)53)34-14-8-7-9-15-34/h7-33H,1-6H3. The zero-order valence-electron chi connectivity index (χ0n) is 32.6. The van der Waals surface area contributed by atoms with Gasteiger partial charge in [-0.25, -0.2) is 0 Å². The van der Waals surface area contributed by atoms with Crippen LogP contribution in [0.15, 0.2) is 164 Å². The predicted molar refractivity (Wildman–Crippen MR) is 238 cm³/mol. The highest BCUT2D eigenvalue weighted by molar-refractivity contribution is 7.00. The fourth-order valence-corrected chi connectivity index (χ4v) is 8.94. The molecule has 0 atom stereocenters. The monoisotopic (exact) mass is 708 g/mol. The van der Waals surface area contributed by atoms with Gasteiger partial charge in [0, 0.05) is 34.1 Å². The Morgan fingerprint density at radius 3 is 1.15 bits per heavy atom. The molecule has 0 amide bonds. The first kappa shape index (κ1) is 33.5. The molecule has 2 aliphatic rings. The number of hydrogen-bond acceptors (Lipinski definition) is 2. The molecule has 2 nitrogen and oxygen atoms in total. The first-order valence-corrected chi connectivity index (χ1v) is 19.6. The fraction of sp³-hybridized carbons (Fsp3) is 0.154. The summed E-state index contributed by atoms with van der Waals surface area (Å²) in [5.74, 6) is 0. The van der Waals surface area contributed by atoms with Crippen LogP contribution in [0.1, 0.15) is 52.7 Å². The molecule has 0 bridgehead atoms. The quantitative estimate of drug-likeness (QED) is 0.169. The van der Waals surface area contributed by atoms with Crippen LogP contribution in [0.4, 0.5) is 34.1 Å². The smallest absolute Gasteiger partial charge is 0.252 e. The molecule has 0 unspecified atom stereocenters. The van der Waals surface area contributed by atoms with Crippen molar-refractivity contribution in [2.24, 2.45) is 0 Å². The van der Waals surface area contributed by atoms with Gasteiger partial charge in [0.15, 0.2) is 0 Å². The molecule has 8 aromatic rings. The number of hydrogen-bond donors (Lipinski definition) is 0. The van der Waals surface area contributed by atoms with Crippen LogP contribution in [-0.2, 0) is 10.8 Å². The van der Waals surface area contributed by atoms with Crippen LogP contribution in [0.25, 0.3) is 32.7 Å².